The Bertz CT molecular complexity index is 1550. The van der Waals surface area contributed by atoms with Gasteiger partial charge in [0, 0.05) is 17.0 Å². The zero-order chi connectivity index (χ0) is 26.4. The molecule has 37 heavy (non-hydrogen) atoms. The lowest BCUT2D eigenvalue weighted by molar-refractivity contribution is -0.134. The van der Waals surface area contributed by atoms with Crippen LogP contribution in [0, 0.1) is 6.92 Å². The van der Waals surface area contributed by atoms with E-state index in [9.17, 15) is 13.2 Å². The van der Waals surface area contributed by atoms with Gasteiger partial charge < -0.3 is 4.90 Å². The predicted molar refractivity (Wildman–Crippen MR) is 150 cm³/mol. The molecule has 5 nitrogen and oxygen atoms in total. The fourth-order valence-corrected chi connectivity index (χ4v) is 7.72. The second-order valence-corrected chi connectivity index (χ2v) is 13.5. The van der Waals surface area contributed by atoms with Crippen molar-refractivity contribution in [2.45, 2.75) is 50.6 Å². The second-order valence-electron chi connectivity index (χ2n) is 10.6. The molecule has 0 N–H and O–H groups in total. The minimum atomic E-state index is -3.93. The van der Waals surface area contributed by atoms with Crippen molar-refractivity contribution in [3.05, 3.63) is 99.7 Å². The van der Waals surface area contributed by atoms with Crippen molar-refractivity contribution in [3.63, 3.8) is 0 Å². The molecule has 1 aliphatic rings. The molecule has 0 saturated heterocycles. The van der Waals surface area contributed by atoms with Gasteiger partial charge in [-0.15, -0.1) is 11.3 Å². The van der Waals surface area contributed by atoms with Gasteiger partial charge in [-0.3, -0.25) is 4.79 Å². The average molecular weight is 533 g/mol. The standard InChI is InChI=1S/C30H32N2O3S2/c1-21-9-11-23(12-10-21)29-26-16-18-36-27(26)15-17-31(29)28(33)20-32(30(2,3)4)37(34,35)25-14-13-22-7-5-6-8-24(22)19-25/h5-14,16,18-19,29H,15,17,20H2,1-4H3. The third-order valence-electron chi connectivity index (χ3n) is 7.02. The van der Waals surface area contributed by atoms with Gasteiger partial charge in [0.05, 0.1) is 17.5 Å². The van der Waals surface area contributed by atoms with E-state index < -0.39 is 15.6 Å². The lowest BCUT2D eigenvalue weighted by atomic mass is 9.92. The van der Waals surface area contributed by atoms with Gasteiger partial charge in [-0.25, -0.2) is 8.42 Å². The lowest BCUT2D eigenvalue weighted by Crippen LogP contribution is -2.52. The van der Waals surface area contributed by atoms with Gasteiger partial charge >= 0.3 is 0 Å². The minimum absolute atomic E-state index is 0.193. The molecule has 0 aliphatic carbocycles. The first kappa shape index (κ1) is 25.6. The number of rotatable bonds is 5. The highest BCUT2D eigenvalue weighted by atomic mass is 32.2. The summed E-state index contributed by atoms with van der Waals surface area (Å²) < 4.78 is 29.2. The van der Waals surface area contributed by atoms with Crippen LogP contribution in [0.2, 0.25) is 0 Å². The molecule has 1 aromatic heterocycles. The fourth-order valence-electron chi connectivity index (χ4n) is 5.04. The van der Waals surface area contributed by atoms with Gasteiger partial charge in [0.2, 0.25) is 15.9 Å². The van der Waals surface area contributed by atoms with Crippen LogP contribution in [0.3, 0.4) is 0 Å². The Morgan fingerprint density at radius 1 is 1.00 bits per heavy atom. The van der Waals surface area contributed by atoms with Crippen LogP contribution in [0.5, 0.6) is 0 Å². The van der Waals surface area contributed by atoms with E-state index in [1.54, 1.807) is 23.5 Å². The Balaban J connectivity index is 1.50. The highest BCUT2D eigenvalue weighted by molar-refractivity contribution is 7.89. The molecule has 5 rings (SSSR count). The van der Waals surface area contributed by atoms with E-state index in [4.69, 9.17) is 0 Å². The first-order valence-electron chi connectivity index (χ1n) is 12.5. The molecule has 0 radical (unpaired) electrons. The number of amides is 1. The molecule has 3 aromatic carbocycles. The topological polar surface area (TPSA) is 57.7 Å². The normalized spacial score (nSPS) is 16.2. The molecule has 0 saturated carbocycles. The molecule has 1 unspecified atom stereocenters. The largest absolute Gasteiger partial charge is 0.330 e. The van der Waals surface area contributed by atoms with E-state index in [0.717, 1.165) is 33.9 Å². The molecule has 1 atom stereocenters. The van der Waals surface area contributed by atoms with Crippen LogP contribution in [0.15, 0.2) is 83.1 Å². The van der Waals surface area contributed by atoms with Gasteiger partial charge in [0.1, 0.15) is 0 Å². The Kier molecular flexibility index (Phi) is 6.73. The number of benzene rings is 3. The van der Waals surface area contributed by atoms with Gasteiger partial charge in [-0.1, -0.05) is 60.2 Å². The van der Waals surface area contributed by atoms with Crippen LogP contribution in [0.25, 0.3) is 10.8 Å². The molecule has 0 spiro atoms. The van der Waals surface area contributed by atoms with Crippen LogP contribution in [0.4, 0.5) is 0 Å². The first-order chi connectivity index (χ1) is 17.6. The summed E-state index contributed by atoms with van der Waals surface area (Å²) >= 11 is 1.72. The third kappa shape index (κ3) is 4.96. The molecule has 2 heterocycles. The van der Waals surface area contributed by atoms with Crippen LogP contribution < -0.4 is 0 Å². The summed E-state index contributed by atoms with van der Waals surface area (Å²) in [6, 6.07) is 23.0. The van der Waals surface area contributed by atoms with Crippen molar-refractivity contribution < 1.29 is 13.2 Å². The van der Waals surface area contributed by atoms with E-state index in [2.05, 4.69) is 35.7 Å². The van der Waals surface area contributed by atoms with E-state index in [0.29, 0.717) is 6.54 Å². The number of aryl methyl sites for hydroxylation is 1. The van der Waals surface area contributed by atoms with Crippen molar-refractivity contribution in [1.29, 1.82) is 0 Å². The number of carbonyl (C=O) groups is 1. The van der Waals surface area contributed by atoms with Gasteiger partial charge in [0.15, 0.2) is 0 Å². The van der Waals surface area contributed by atoms with Crippen molar-refractivity contribution in [2.24, 2.45) is 0 Å². The van der Waals surface area contributed by atoms with Gasteiger partial charge in [-0.05, 0) is 79.6 Å². The lowest BCUT2D eigenvalue weighted by Gasteiger charge is -2.40. The van der Waals surface area contributed by atoms with Gasteiger partial charge in [-0.2, -0.15) is 4.31 Å². The highest BCUT2D eigenvalue weighted by Gasteiger charge is 2.39. The number of thiophene rings is 1. The number of nitrogens with zero attached hydrogens (tertiary/aromatic N) is 2. The van der Waals surface area contributed by atoms with Gasteiger partial charge in [0.25, 0.3) is 0 Å². The molecule has 1 amide bonds. The highest BCUT2D eigenvalue weighted by Crippen LogP contribution is 2.38. The number of hydrogen-bond donors (Lipinski definition) is 0. The van der Waals surface area contributed by atoms with E-state index >= 15 is 0 Å². The molecule has 0 bridgehead atoms. The maximum absolute atomic E-state index is 14.0. The Morgan fingerprint density at radius 3 is 2.41 bits per heavy atom. The van der Waals surface area contributed by atoms with E-state index in [1.165, 1.54) is 9.18 Å². The zero-order valence-electron chi connectivity index (χ0n) is 21.6. The molecular weight excluding hydrogens is 500 g/mol. The molecule has 1 aliphatic heterocycles. The van der Waals surface area contributed by atoms with Crippen molar-refractivity contribution in [1.82, 2.24) is 9.21 Å². The Hall–Kier alpha value is -3.00. The maximum Gasteiger partial charge on any atom is 0.244 e. The smallest absolute Gasteiger partial charge is 0.244 e. The van der Waals surface area contributed by atoms with Crippen LogP contribution in [-0.2, 0) is 21.2 Å². The Morgan fingerprint density at radius 2 is 1.70 bits per heavy atom. The maximum atomic E-state index is 14.0. The van der Waals surface area contributed by atoms with Crippen LogP contribution in [0.1, 0.15) is 48.4 Å². The summed E-state index contributed by atoms with van der Waals surface area (Å²) in [5.74, 6) is -0.193. The van der Waals surface area contributed by atoms with Crippen molar-refractivity contribution in [2.75, 3.05) is 13.1 Å². The van der Waals surface area contributed by atoms with Crippen LogP contribution >= 0.6 is 11.3 Å². The number of fused-ring (bicyclic) bond motifs is 2. The summed E-state index contributed by atoms with van der Waals surface area (Å²) in [7, 11) is -3.93. The summed E-state index contributed by atoms with van der Waals surface area (Å²) in [5, 5.41) is 3.90. The SMILES string of the molecule is Cc1ccc(C2c3ccsc3CCN2C(=O)CN(C(C)(C)C)S(=O)(=O)c2ccc3ccccc3c2)cc1. The number of hydrogen-bond acceptors (Lipinski definition) is 4. The second kappa shape index (κ2) is 9.71. The predicted octanol–water partition coefficient (Wildman–Crippen LogP) is 6.17. The van der Waals surface area contributed by atoms with Crippen LogP contribution in [-0.4, -0.2) is 42.2 Å². The van der Waals surface area contributed by atoms with Crippen molar-refractivity contribution >= 4 is 38.0 Å². The summed E-state index contributed by atoms with van der Waals surface area (Å²) in [6.07, 6.45) is 0.772. The molecule has 0 fully saturated rings. The molecular formula is C30H32N2O3S2. The Labute approximate surface area is 223 Å². The first-order valence-corrected chi connectivity index (χ1v) is 14.8. The number of carbonyl (C=O) groups excluding carboxylic acids is 1. The van der Waals surface area contributed by atoms with Crippen molar-refractivity contribution in [3.8, 4) is 0 Å². The molecule has 7 heteroatoms. The monoisotopic (exact) mass is 532 g/mol. The van der Waals surface area contributed by atoms with E-state index in [-0.39, 0.29) is 23.4 Å². The summed E-state index contributed by atoms with van der Waals surface area (Å²) in [4.78, 5) is 17.3. The minimum Gasteiger partial charge on any atom is -0.330 e. The zero-order valence-corrected chi connectivity index (χ0v) is 23.3. The quantitative estimate of drug-likeness (QED) is 0.309. The third-order valence-corrected chi connectivity index (χ3v) is 10.1. The van der Waals surface area contributed by atoms with E-state index in [1.807, 2.05) is 62.9 Å². The summed E-state index contributed by atoms with van der Waals surface area (Å²) in [5.41, 5.74) is 2.54. The fraction of sp³-hybridized carbons (Fsp3) is 0.300. The molecule has 192 valence electrons. The molecule has 4 aromatic rings. The summed E-state index contributed by atoms with van der Waals surface area (Å²) in [6.45, 7) is 7.89. The number of sulfonamides is 1. The average Bonchev–Trinajstić information content (AvgIpc) is 3.35.